The third-order valence-electron chi connectivity index (χ3n) is 6.50. The van der Waals surface area contributed by atoms with Crippen molar-refractivity contribution in [3.63, 3.8) is 0 Å². The minimum Gasteiger partial charge on any atom is -0.465 e. The van der Waals surface area contributed by atoms with Gasteiger partial charge < -0.3 is 26.2 Å². The number of pyridine rings is 2. The summed E-state index contributed by atoms with van der Waals surface area (Å²) in [7, 11) is 0. The lowest BCUT2D eigenvalue weighted by molar-refractivity contribution is 0.0942. The van der Waals surface area contributed by atoms with Crippen LogP contribution in [0.5, 0.6) is 0 Å². The number of nitrogens with one attached hydrogen (secondary N) is 3. The molecule has 1 fully saturated rings. The molecule has 0 spiro atoms. The standard InChI is InChI=1S/C26H31N5O4/c32-12-11-27-24-10-9-19(16-28-24)23-13-21(20-3-1-2-4-22(20)31-23)25(33)29-14-17-5-7-18(8-6-17)15-30-26(34)35/h1-4,9-10,13,16-18,30,32H,5-8,11-12,14-15H2,(H,27,28)(H,29,33)(H,34,35). The van der Waals surface area contributed by atoms with Gasteiger partial charge in [0.15, 0.2) is 0 Å². The number of aromatic nitrogens is 2. The molecule has 1 aliphatic rings. The molecule has 9 heteroatoms. The summed E-state index contributed by atoms with van der Waals surface area (Å²) in [5.74, 6) is 1.28. The average Bonchev–Trinajstić information content (AvgIpc) is 2.89. The molecule has 0 unspecified atom stereocenters. The maximum absolute atomic E-state index is 13.2. The lowest BCUT2D eigenvalue weighted by atomic mass is 9.82. The van der Waals surface area contributed by atoms with Crippen LogP contribution in [-0.4, -0.2) is 58.4 Å². The number of carbonyl (C=O) groups excluding carboxylic acids is 1. The van der Waals surface area contributed by atoms with Crippen molar-refractivity contribution in [2.75, 3.05) is 31.6 Å². The lowest BCUT2D eigenvalue weighted by Crippen LogP contribution is -2.34. The molecule has 0 atom stereocenters. The molecule has 35 heavy (non-hydrogen) atoms. The number of rotatable bonds is 9. The molecule has 0 aliphatic heterocycles. The van der Waals surface area contributed by atoms with Gasteiger partial charge in [0.1, 0.15) is 5.82 Å². The Kier molecular flexibility index (Phi) is 8.10. The molecule has 4 rings (SSSR count). The number of hydrogen-bond acceptors (Lipinski definition) is 6. The van der Waals surface area contributed by atoms with E-state index in [1.807, 2.05) is 42.5 Å². The van der Waals surface area contributed by atoms with Crippen LogP contribution in [0.15, 0.2) is 48.7 Å². The van der Waals surface area contributed by atoms with Gasteiger partial charge in [-0.2, -0.15) is 0 Å². The van der Waals surface area contributed by atoms with E-state index in [-0.39, 0.29) is 12.5 Å². The van der Waals surface area contributed by atoms with Crippen LogP contribution in [0.3, 0.4) is 0 Å². The van der Waals surface area contributed by atoms with Crippen molar-refractivity contribution in [3.05, 3.63) is 54.2 Å². The van der Waals surface area contributed by atoms with E-state index in [1.165, 1.54) is 0 Å². The molecule has 9 nitrogen and oxygen atoms in total. The average molecular weight is 478 g/mol. The Morgan fingerprint density at radius 3 is 2.34 bits per heavy atom. The third kappa shape index (κ3) is 6.45. The normalized spacial score (nSPS) is 17.6. The highest BCUT2D eigenvalue weighted by molar-refractivity contribution is 6.07. The van der Waals surface area contributed by atoms with E-state index in [4.69, 9.17) is 15.2 Å². The van der Waals surface area contributed by atoms with Crippen molar-refractivity contribution < 1.29 is 19.8 Å². The second kappa shape index (κ2) is 11.6. The van der Waals surface area contributed by atoms with Gasteiger partial charge in [-0.15, -0.1) is 0 Å². The van der Waals surface area contributed by atoms with Crippen LogP contribution >= 0.6 is 0 Å². The Morgan fingerprint density at radius 1 is 0.971 bits per heavy atom. The summed E-state index contributed by atoms with van der Waals surface area (Å²) in [6.07, 6.45) is 4.58. The minimum atomic E-state index is -0.978. The predicted molar refractivity (Wildman–Crippen MR) is 134 cm³/mol. The van der Waals surface area contributed by atoms with Crippen molar-refractivity contribution >= 4 is 28.7 Å². The number of carboxylic acid groups (broad SMARTS) is 1. The fourth-order valence-corrected chi connectivity index (χ4v) is 4.55. The van der Waals surface area contributed by atoms with Gasteiger partial charge in [0.05, 0.1) is 23.4 Å². The summed E-state index contributed by atoms with van der Waals surface area (Å²) in [6.45, 7) is 1.54. The molecule has 5 N–H and O–H groups in total. The Balaban J connectivity index is 1.44. The zero-order chi connectivity index (χ0) is 24.6. The molecule has 0 radical (unpaired) electrons. The number of aliphatic hydroxyl groups is 1. The van der Waals surface area contributed by atoms with E-state index < -0.39 is 6.09 Å². The van der Waals surface area contributed by atoms with Crippen molar-refractivity contribution in [3.8, 4) is 11.3 Å². The first kappa shape index (κ1) is 24.4. The number of nitrogens with zero attached hydrogens (tertiary/aromatic N) is 2. The molecule has 3 aromatic rings. The second-order valence-corrected chi connectivity index (χ2v) is 8.94. The van der Waals surface area contributed by atoms with Gasteiger partial charge in [0.25, 0.3) is 5.91 Å². The summed E-state index contributed by atoms with van der Waals surface area (Å²) >= 11 is 0. The highest BCUT2D eigenvalue weighted by Crippen LogP contribution is 2.29. The highest BCUT2D eigenvalue weighted by atomic mass is 16.4. The van der Waals surface area contributed by atoms with Gasteiger partial charge in [-0.1, -0.05) is 18.2 Å². The van der Waals surface area contributed by atoms with Gasteiger partial charge in [-0.05, 0) is 61.8 Å². The molecular formula is C26H31N5O4. The maximum atomic E-state index is 13.2. The molecule has 184 valence electrons. The summed E-state index contributed by atoms with van der Waals surface area (Å²) in [5.41, 5.74) is 2.78. The van der Waals surface area contributed by atoms with E-state index in [1.54, 1.807) is 6.20 Å². The number of fused-ring (bicyclic) bond motifs is 1. The van der Waals surface area contributed by atoms with Crippen molar-refractivity contribution in [1.29, 1.82) is 0 Å². The smallest absolute Gasteiger partial charge is 0.404 e. The van der Waals surface area contributed by atoms with E-state index >= 15 is 0 Å². The SMILES string of the molecule is O=C(O)NCC1CCC(CNC(=O)c2cc(-c3ccc(NCCO)nc3)nc3ccccc23)CC1. The van der Waals surface area contributed by atoms with E-state index in [0.717, 1.165) is 42.1 Å². The Hall–Kier alpha value is -3.72. The van der Waals surface area contributed by atoms with Crippen LogP contribution in [-0.2, 0) is 0 Å². The number of hydrogen-bond donors (Lipinski definition) is 5. The topological polar surface area (TPSA) is 136 Å². The maximum Gasteiger partial charge on any atom is 0.404 e. The molecule has 0 saturated heterocycles. The quantitative estimate of drug-likeness (QED) is 0.318. The molecule has 0 bridgehead atoms. The first-order valence-electron chi connectivity index (χ1n) is 12.0. The Labute approximate surface area is 204 Å². The van der Waals surface area contributed by atoms with Crippen LogP contribution in [0.2, 0.25) is 0 Å². The molecule has 1 aromatic carbocycles. The third-order valence-corrected chi connectivity index (χ3v) is 6.50. The number of para-hydroxylation sites is 1. The Morgan fingerprint density at radius 2 is 1.69 bits per heavy atom. The summed E-state index contributed by atoms with van der Waals surface area (Å²) in [6, 6.07) is 13.1. The zero-order valence-corrected chi connectivity index (χ0v) is 19.5. The second-order valence-electron chi connectivity index (χ2n) is 8.94. The van der Waals surface area contributed by atoms with Gasteiger partial charge >= 0.3 is 6.09 Å². The van der Waals surface area contributed by atoms with E-state index in [9.17, 15) is 9.59 Å². The monoisotopic (exact) mass is 477 g/mol. The first-order chi connectivity index (χ1) is 17.0. The van der Waals surface area contributed by atoms with E-state index in [2.05, 4.69) is 20.9 Å². The molecule has 2 heterocycles. The molecular weight excluding hydrogens is 446 g/mol. The van der Waals surface area contributed by atoms with Gasteiger partial charge in [0, 0.05) is 36.8 Å². The number of aliphatic hydroxyl groups excluding tert-OH is 1. The fourth-order valence-electron chi connectivity index (χ4n) is 4.55. The first-order valence-corrected chi connectivity index (χ1v) is 12.0. The molecule has 2 amide bonds. The van der Waals surface area contributed by atoms with Crippen LogP contribution in [0.4, 0.5) is 10.6 Å². The van der Waals surface area contributed by atoms with Crippen LogP contribution < -0.4 is 16.0 Å². The van der Waals surface area contributed by atoms with Crippen LogP contribution in [0.25, 0.3) is 22.2 Å². The van der Waals surface area contributed by atoms with Gasteiger partial charge in [0.2, 0.25) is 0 Å². The summed E-state index contributed by atoms with van der Waals surface area (Å²) < 4.78 is 0. The largest absolute Gasteiger partial charge is 0.465 e. The van der Waals surface area contributed by atoms with Gasteiger partial charge in [-0.3, -0.25) is 4.79 Å². The number of benzene rings is 1. The van der Waals surface area contributed by atoms with Crippen molar-refractivity contribution in [1.82, 2.24) is 20.6 Å². The predicted octanol–water partition coefficient (Wildman–Crippen LogP) is 3.50. The van der Waals surface area contributed by atoms with Gasteiger partial charge in [-0.25, -0.2) is 14.8 Å². The minimum absolute atomic E-state index is 0.0253. The number of anilines is 1. The van der Waals surface area contributed by atoms with Crippen LogP contribution in [0.1, 0.15) is 36.0 Å². The molecule has 2 aromatic heterocycles. The highest BCUT2D eigenvalue weighted by Gasteiger charge is 2.22. The molecule has 1 aliphatic carbocycles. The van der Waals surface area contributed by atoms with Crippen LogP contribution in [0, 0.1) is 11.8 Å². The molecule has 1 saturated carbocycles. The lowest BCUT2D eigenvalue weighted by Gasteiger charge is -2.28. The number of amides is 2. The number of carbonyl (C=O) groups is 2. The summed E-state index contributed by atoms with van der Waals surface area (Å²) in [4.78, 5) is 33.1. The Bertz CT molecular complexity index is 1160. The fraction of sp³-hybridized carbons (Fsp3) is 0.385. The van der Waals surface area contributed by atoms with E-state index in [0.29, 0.717) is 48.5 Å². The van der Waals surface area contributed by atoms with Crippen molar-refractivity contribution in [2.24, 2.45) is 11.8 Å². The zero-order valence-electron chi connectivity index (χ0n) is 19.5. The summed E-state index contributed by atoms with van der Waals surface area (Å²) in [5, 5.41) is 27.1. The van der Waals surface area contributed by atoms with Crippen molar-refractivity contribution in [2.45, 2.75) is 25.7 Å².